The summed E-state index contributed by atoms with van der Waals surface area (Å²) in [5.41, 5.74) is 0.827. The van der Waals surface area contributed by atoms with Crippen LogP contribution >= 0.6 is 11.6 Å². The minimum absolute atomic E-state index is 0.0468. The van der Waals surface area contributed by atoms with E-state index in [-0.39, 0.29) is 12.0 Å². The Morgan fingerprint density at radius 3 is 2.32 bits per heavy atom. The van der Waals surface area contributed by atoms with E-state index in [1.165, 1.54) is 4.31 Å². The van der Waals surface area contributed by atoms with Gasteiger partial charge >= 0.3 is 0 Å². The lowest BCUT2D eigenvalue weighted by atomic mass is 10.1. The van der Waals surface area contributed by atoms with Gasteiger partial charge in [-0.15, -0.1) is 11.6 Å². The fourth-order valence-corrected chi connectivity index (χ4v) is 3.67. The molecule has 1 rings (SSSR count). The fourth-order valence-electron chi connectivity index (χ4n) is 1.88. The van der Waals surface area contributed by atoms with E-state index < -0.39 is 10.0 Å². The van der Waals surface area contributed by atoms with Gasteiger partial charge in [-0.3, -0.25) is 0 Å². The standard InChI is InChI=1S/C13H23ClN2O2S/c1-6-16-9-13(7-12(16)8-14)19(17,18)15(5)11(4)10(2)3/h7,9-11H,6,8H2,1-5H3. The summed E-state index contributed by atoms with van der Waals surface area (Å²) in [7, 11) is -1.82. The van der Waals surface area contributed by atoms with E-state index in [1.54, 1.807) is 19.3 Å². The summed E-state index contributed by atoms with van der Waals surface area (Å²) in [5, 5.41) is 0. The van der Waals surface area contributed by atoms with Crippen molar-refractivity contribution in [3.8, 4) is 0 Å². The largest absolute Gasteiger partial charge is 0.349 e. The molecule has 19 heavy (non-hydrogen) atoms. The van der Waals surface area contributed by atoms with Crippen LogP contribution in [-0.4, -0.2) is 30.4 Å². The quantitative estimate of drug-likeness (QED) is 0.758. The Hall–Kier alpha value is -0.520. The number of hydrogen-bond acceptors (Lipinski definition) is 2. The number of sulfonamides is 1. The molecule has 0 aromatic carbocycles. The summed E-state index contributed by atoms with van der Waals surface area (Å²) in [6, 6.07) is 1.62. The minimum atomic E-state index is -3.45. The summed E-state index contributed by atoms with van der Waals surface area (Å²) < 4.78 is 28.4. The van der Waals surface area contributed by atoms with E-state index in [0.29, 0.717) is 17.3 Å². The highest BCUT2D eigenvalue weighted by Gasteiger charge is 2.28. The van der Waals surface area contributed by atoms with E-state index in [4.69, 9.17) is 11.6 Å². The Balaban J connectivity index is 3.16. The lowest BCUT2D eigenvalue weighted by molar-refractivity contribution is 0.316. The molecule has 1 aromatic heterocycles. The summed E-state index contributed by atoms with van der Waals surface area (Å²) >= 11 is 5.84. The summed E-state index contributed by atoms with van der Waals surface area (Å²) in [6.45, 7) is 8.62. The highest BCUT2D eigenvalue weighted by Crippen LogP contribution is 2.22. The normalized spacial score (nSPS) is 14.3. The molecular formula is C13H23ClN2O2S. The molecule has 0 aliphatic heterocycles. The summed E-state index contributed by atoms with van der Waals surface area (Å²) in [5.74, 6) is 0.577. The van der Waals surface area contributed by atoms with E-state index in [1.807, 2.05) is 32.3 Å². The predicted octanol–water partition coefficient (Wildman–Crippen LogP) is 2.91. The lowest BCUT2D eigenvalue weighted by Gasteiger charge is -2.26. The molecule has 1 atom stereocenters. The first kappa shape index (κ1) is 16.5. The molecule has 0 aliphatic carbocycles. The smallest absolute Gasteiger partial charge is 0.244 e. The van der Waals surface area contributed by atoms with Gasteiger partial charge in [0.2, 0.25) is 10.0 Å². The molecule has 0 amide bonds. The van der Waals surface area contributed by atoms with Crippen molar-refractivity contribution in [2.75, 3.05) is 7.05 Å². The van der Waals surface area contributed by atoms with Crippen LogP contribution in [-0.2, 0) is 22.4 Å². The Morgan fingerprint density at radius 2 is 1.95 bits per heavy atom. The second-order valence-corrected chi connectivity index (χ2v) is 7.36. The third-order valence-corrected chi connectivity index (χ3v) is 5.84. The van der Waals surface area contributed by atoms with E-state index in [2.05, 4.69) is 0 Å². The van der Waals surface area contributed by atoms with Gasteiger partial charge in [0.05, 0.1) is 5.88 Å². The van der Waals surface area contributed by atoms with Crippen molar-refractivity contribution in [1.82, 2.24) is 8.87 Å². The first-order valence-electron chi connectivity index (χ1n) is 6.48. The van der Waals surface area contributed by atoms with Crippen molar-refractivity contribution in [2.24, 2.45) is 5.92 Å². The Labute approximate surface area is 121 Å². The van der Waals surface area contributed by atoms with E-state index >= 15 is 0 Å². The van der Waals surface area contributed by atoms with Crippen LogP contribution in [0.15, 0.2) is 17.2 Å². The van der Waals surface area contributed by atoms with Gasteiger partial charge in [-0.05, 0) is 25.8 Å². The Morgan fingerprint density at radius 1 is 1.37 bits per heavy atom. The third-order valence-electron chi connectivity index (χ3n) is 3.65. The van der Waals surface area contributed by atoms with Crippen LogP contribution in [0.25, 0.3) is 0 Å². The van der Waals surface area contributed by atoms with Gasteiger partial charge in [0.15, 0.2) is 0 Å². The molecule has 110 valence electrons. The Bertz CT molecular complexity index is 501. The average Bonchev–Trinajstić information content (AvgIpc) is 2.80. The van der Waals surface area contributed by atoms with Crippen molar-refractivity contribution in [1.29, 1.82) is 0 Å². The summed E-state index contributed by atoms with van der Waals surface area (Å²) in [4.78, 5) is 0.319. The van der Waals surface area contributed by atoms with Gasteiger partial charge in [-0.25, -0.2) is 8.42 Å². The van der Waals surface area contributed by atoms with E-state index in [0.717, 1.165) is 5.69 Å². The Kier molecular flexibility index (Phi) is 5.47. The predicted molar refractivity (Wildman–Crippen MR) is 78.9 cm³/mol. The van der Waals surface area contributed by atoms with Crippen LogP contribution in [0, 0.1) is 5.92 Å². The monoisotopic (exact) mass is 306 g/mol. The van der Waals surface area contributed by atoms with Crippen molar-refractivity contribution < 1.29 is 8.42 Å². The maximum absolute atomic E-state index is 12.5. The molecule has 4 nitrogen and oxygen atoms in total. The fraction of sp³-hybridized carbons (Fsp3) is 0.692. The van der Waals surface area contributed by atoms with Crippen molar-refractivity contribution in [2.45, 2.75) is 51.1 Å². The molecule has 0 saturated heterocycles. The van der Waals surface area contributed by atoms with Gasteiger partial charge in [0.1, 0.15) is 4.90 Å². The maximum atomic E-state index is 12.5. The topological polar surface area (TPSA) is 42.3 Å². The van der Waals surface area contributed by atoms with Crippen molar-refractivity contribution >= 4 is 21.6 Å². The molecule has 0 aliphatic rings. The molecule has 1 aromatic rings. The molecule has 0 saturated carbocycles. The van der Waals surface area contributed by atoms with Crippen LogP contribution < -0.4 is 0 Å². The van der Waals surface area contributed by atoms with Crippen molar-refractivity contribution in [3.63, 3.8) is 0 Å². The zero-order chi connectivity index (χ0) is 14.8. The molecule has 0 N–H and O–H groups in total. The maximum Gasteiger partial charge on any atom is 0.244 e. The molecule has 1 unspecified atom stereocenters. The van der Waals surface area contributed by atoms with Gasteiger partial charge in [-0.1, -0.05) is 13.8 Å². The molecule has 1 heterocycles. The highest BCUT2D eigenvalue weighted by atomic mass is 35.5. The van der Waals surface area contributed by atoms with Gasteiger partial charge in [0, 0.05) is 31.5 Å². The van der Waals surface area contributed by atoms with Gasteiger partial charge < -0.3 is 4.57 Å². The molecule has 0 radical (unpaired) electrons. The van der Waals surface area contributed by atoms with E-state index in [9.17, 15) is 8.42 Å². The molecule has 0 spiro atoms. The number of alkyl halides is 1. The molecular weight excluding hydrogens is 284 g/mol. The number of halogens is 1. The molecule has 0 bridgehead atoms. The van der Waals surface area contributed by atoms with Crippen LogP contribution in [0.4, 0.5) is 0 Å². The number of rotatable bonds is 6. The number of aromatic nitrogens is 1. The molecule has 0 fully saturated rings. The van der Waals surface area contributed by atoms with Gasteiger partial charge in [0.25, 0.3) is 0 Å². The molecule has 6 heteroatoms. The number of aryl methyl sites for hydroxylation is 1. The zero-order valence-corrected chi connectivity index (χ0v) is 13.8. The van der Waals surface area contributed by atoms with Crippen LogP contribution in [0.3, 0.4) is 0 Å². The number of nitrogens with zero attached hydrogens (tertiary/aromatic N) is 2. The van der Waals surface area contributed by atoms with Crippen molar-refractivity contribution in [3.05, 3.63) is 18.0 Å². The van der Waals surface area contributed by atoms with Crippen LogP contribution in [0.5, 0.6) is 0 Å². The summed E-state index contributed by atoms with van der Waals surface area (Å²) in [6.07, 6.45) is 1.66. The second kappa shape index (κ2) is 6.29. The first-order valence-corrected chi connectivity index (χ1v) is 8.46. The third kappa shape index (κ3) is 3.33. The van der Waals surface area contributed by atoms with Gasteiger partial charge in [-0.2, -0.15) is 4.31 Å². The lowest BCUT2D eigenvalue weighted by Crippen LogP contribution is -2.38. The van der Waals surface area contributed by atoms with Crippen LogP contribution in [0.2, 0.25) is 0 Å². The minimum Gasteiger partial charge on any atom is -0.349 e. The first-order chi connectivity index (χ1) is 8.75. The van der Waals surface area contributed by atoms with Crippen LogP contribution in [0.1, 0.15) is 33.4 Å². The number of hydrogen-bond donors (Lipinski definition) is 0. The average molecular weight is 307 g/mol. The highest BCUT2D eigenvalue weighted by molar-refractivity contribution is 7.89. The SMILES string of the molecule is CCn1cc(S(=O)(=O)N(C)C(C)C(C)C)cc1CCl. The zero-order valence-electron chi connectivity index (χ0n) is 12.2. The second-order valence-electron chi connectivity index (χ2n) is 5.09.